The average molecular weight is 691 g/mol. The summed E-state index contributed by atoms with van der Waals surface area (Å²) >= 11 is 0. The highest BCUT2D eigenvalue weighted by Gasteiger charge is 2.15. The Bertz CT molecular complexity index is 2600. The van der Waals surface area contributed by atoms with Gasteiger partial charge >= 0.3 is 0 Å². The third kappa shape index (κ3) is 6.97. The van der Waals surface area contributed by atoms with E-state index in [0.29, 0.717) is 17.5 Å². The summed E-state index contributed by atoms with van der Waals surface area (Å²) in [5.74, 6) is 1.88. The van der Waals surface area contributed by atoms with Crippen LogP contribution in [0.3, 0.4) is 0 Å². The van der Waals surface area contributed by atoms with Gasteiger partial charge in [0.1, 0.15) is 0 Å². The first-order valence-corrected chi connectivity index (χ1v) is 18.0. The van der Waals surface area contributed by atoms with Gasteiger partial charge in [0.25, 0.3) is 0 Å². The van der Waals surface area contributed by atoms with Gasteiger partial charge in [0.15, 0.2) is 17.5 Å². The van der Waals surface area contributed by atoms with Crippen molar-refractivity contribution in [2.45, 2.75) is 0 Å². The molecule has 0 radical (unpaired) electrons. The van der Waals surface area contributed by atoms with Crippen LogP contribution < -0.4 is 0 Å². The topological polar surface area (TPSA) is 51.6 Å². The molecule has 0 spiro atoms. The molecule has 54 heavy (non-hydrogen) atoms. The zero-order chi connectivity index (χ0) is 36.1. The number of hydrogen-bond donors (Lipinski definition) is 0. The molecule has 0 saturated carbocycles. The van der Waals surface area contributed by atoms with E-state index in [9.17, 15) is 0 Å². The standard InChI is InChI=1S/C50H34N4/c1-5-13-35(14-6-1)37-21-23-38(24-22-37)44-31-45(39-25-27-40(28-26-39)47-34-43(29-30-51-47)36-15-7-2-8-16-36)33-46(32-44)50-53-48(41-17-9-3-10-18-41)52-49(54-50)42-19-11-4-12-20-42/h1-34H. The molecule has 2 aromatic heterocycles. The molecule has 7 aromatic carbocycles. The molecule has 9 aromatic rings. The maximum atomic E-state index is 5.08. The molecule has 0 saturated heterocycles. The van der Waals surface area contributed by atoms with Crippen LogP contribution in [0, 0.1) is 0 Å². The highest BCUT2D eigenvalue weighted by Crippen LogP contribution is 2.35. The van der Waals surface area contributed by atoms with Crippen molar-refractivity contribution in [2.24, 2.45) is 0 Å². The largest absolute Gasteiger partial charge is 0.256 e. The fourth-order valence-electron chi connectivity index (χ4n) is 6.75. The predicted molar refractivity (Wildman–Crippen MR) is 221 cm³/mol. The Balaban J connectivity index is 1.16. The number of aromatic nitrogens is 4. The van der Waals surface area contributed by atoms with Crippen molar-refractivity contribution >= 4 is 0 Å². The molecule has 0 aliphatic rings. The molecule has 0 amide bonds. The van der Waals surface area contributed by atoms with Gasteiger partial charge in [-0.05, 0) is 74.8 Å². The van der Waals surface area contributed by atoms with Gasteiger partial charge in [-0.15, -0.1) is 0 Å². The van der Waals surface area contributed by atoms with Crippen molar-refractivity contribution in [3.05, 3.63) is 206 Å². The van der Waals surface area contributed by atoms with Crippen molar-refractivity contribution in [2.75, 3.05) is 0 Å². The molecule has 0 bridgehead atoms. The highest BCUT2D eigenvalue weighted by atomic mass is 15.0. The summed E-state index contributed by atoms with van der Waals surface area (Å²) in [5.41, 5.74) is 13.8. The predicted octanol–water partition coefficient (Wildman–Crippen LogP) is 12.6. The van der Waals surface area contributed by atoms with Crippen molar-refractivity contribution in [3.8, 4) is 89.9 Å². The van der Waals surface area contributed by atoms with Crippen LogP contribution in [0.2, 0.25) is 0 Å². The molecule has 4 heteroatoms. The first-order chi connectivity index (χ1) is 26.7. The summed E-state index contributed by atoms with van der Waals surface area (Å²) in [6.07, 6.45) is 1.88. The second-order valence-corrected chi connectivity index (χ2v) is 13.2. The van der Waals surface area contributed by atoms with Gasteiger partial charge in [-0.25, -0.2) is 15.0 Å². The van der Waals surface area contributed by atoms with Crippen LogP contribution >= 0.6 is 0 Å². The van der Waals surface area contributed by atoms with Crippen molar-refractivity contribution < 1.29 is 0 Å². The SMILES string of the molecule is c1ccc(-c2ccc(-c3cc(-c4ccc(-c5cc(-c6ccccc6)ccn5)cc4)cc(-c4nc(-c5ccccc5)nc(-c5ccccc5)n4)c3)cc2)cc1. The van der Waals surface area contributed by atoms with Crippen LogP contribution in [0.4, 0.5) is 0 Å². The fraction of sp³-hybridized carbons (Fsp3) is 0. The van der Waals surface area contributed by atoms with E-state index < -0.39 is 0 Å². The van der Waals surface area contributed by atoms with E-state index >= 15 is 0 Å². The number of pyridine rings is 1. The van der Waals surface area contributed by atoms with Gasteiger partial charge in [0.2, 0.25) is 0 Å². The van der Waals surface area contributed by atoms with Gasteiger partial charge in [-0.1, -0.05) is 170 Å². The minimum atomic E-state index is 0.616. The number of hydrogen-bond acceptors (Lipinski definition) is 4. The molecule has 0 aliphatic heterocycles. The van der Waals surface area contributed by atoms with Gasteiger partial charge in [-0.2, -0.15) is 0 Å². The van der Waals surface area contributed by atoms with Crippen LogP contribution in [0.5, 0.6) is 0 Å². The smallest absolute Gasteiger partial charge is 0.164 e. The lowest BCUT2D eigenvalue weighted by Gasteiger charge is -2.13. The van der Waals surface area contributed by atoms with Gasteiger partial charge in [-0.3, -0.25) is 4.98 Å². The molecule has 9 rings (SSSR count). The lowest BCUT2D eigenvalue weighted by atomic mass is 9.94. The monoisotopic (exact) mass is 690 g/mol. The summed E-state index contributed by atoms with van der Waals surface area (Å²) in [6, 6.07) is 69.3. The average Bonchev–Trinajstić information content (AvgIpc) is 3.27. The second-order valence-electron chi connectivity index (χ2n) is 13.2. The van der Waals surface area contributed by atoms with Crippen LogP contribution in [-0.4, -0.2) is 19.9 Å². The quantitative estimate of drug-likeness (QED) is 0.159. The van der Waals surface area contributed by atoms with E-state index in [0.717, 1.165) is 55.8 Å². The summed E-state index contributed by atoms with van der Waals surface area (Å²) < 4.78 is 0. The van der Waals surface area contributed by atoms with Gasteiger partial charge in [0, 0.05) is 28.5 Å². The van der Waals surface area contributed by atoms with Gasteiger partial charge in [0.05, 0.1) is 5.69 Å². The molecular formula is C50H34N4. The molecule has 254 valence electrons. The number of benzene rings is 7. The van der Waals surface area contributed by atoms with E-state index in [1.54, 1.807) is 0 Å². The van der Waals surface area contributed by atoms with Crippen LogP contribution in [-0.2, 0) is 0 Å². The Morgan fingerprint density at radius 3 is 1.02 bits per heavy atom. The molecule has 0 aliphatic carbocycles. The van der Waals surface area contributed by atoms with Crippen molar-refractivity contribution in [3.63, 3.8) is 0 Å². The van der Waals surface area contributed by atoms with Crippen molar-refractivity contribution in [1.82, 2.24) is 19.9 Å². The first-order valence-electron chi connectivity index (χ1n) is 18.0. The molecule has 0 atom stereocenters. The molecule has 0 N–H and O–H groups in total. The van der Waals surface area contributed by atoms with E-state index in [-0.39, 0.29) is 0 Å². The van der Waals surface area contributed by atoms with E-state index in [2.05, 4.69) is 127 Å². The van der Waals surface area contributed by atoms with Crippen LogP contribution in [0.15, 0.2) is 206 Å². The minimum absolute atomic E-state index is 0.616. The number of rotatable bonds is 8. The molecule has 2 heterocycles. The summed E-state index contributed by atoms with van der Waals surface area (Å²) in [4.78, 5) is 19.8. The Kier molecular flexibility index (Phi) is 8.90. The second kappa shape index (κ2) is 14.7. The summed E-state index contributed by atoms with van der Waals surface area (Å²) in [7, 11) is 0. The third-order valence-corrected chi connectivity index (χ3v) is 9.60. The zero-order valence-corrected chi connectivity index (χ0v) is 29.4. The van der Waals surface area contributed by atoms with Crippen LogP contribution in [0.1, 0.15) is 0 Å². The number of nitrogens with zero attached hydrogens (tertiary/aromatic N) is 4. The lowest BCUT2D eigenvalue weighted by Crippen LogP contribution is -2.00. The fourth-order valence-corrected chi connectivity index (χ4v) is 6.75. The molecule has 0 unspecified atom stereocenters. The van der Waals surface area contributed by atoms with E-state index in [1.165, 1.54) is 16.7 Å². The molecule has 0 fully saturated rings. The van der Waals surface area contributed by atoms with Crippen molar-refractivity contribution in [1.29, 1.82) is 0 Å². The normalized spacial score (nSPS) is 11.0. The first kappa shape index (κ1) is 32.6. The summed E-state index contributed by atoms with van der Waals surface area (Å²) in [5, 5.41) is 0. The maximum absolute atomic E-state index is 5.08. The van der Waals surface area contributed by atoms with Gasteiger partial charge < -0.3 is 0 Å². The lowest BCUT2D eigenvalue weighted by molar-refractivity contribution is 1.07. The summed E-state index contributed by atoms with van der Waals surface area (Å²) in [6.45, 7) is 0. The Labute approximate surface area is 315 Å². The van der Waals surface area contributed by atoms with Crippen LogP contribution in [0.25, 0.3) is 89.9 Å². The third-order valence-electron chi connectivity index (χ3n) is 9.60. The Morgan fingerprint density at radius 1 is 0.222 bits per heavy atom. The minimum Gasteiger partial charge on any atom is -0.256 e. The highest BCUT2D eigenvalue weighted by molar-refractivity contribution is 5.82. The Hall–Kier alpha value is -7.30. The van der Waals surface area contributed by atoms with E-state index in [4.69, 9.17) is 19.9 Å². The van der Waals surface area contributed by atoms with E-state index in [1.807, 2.05) is 79.0 Å². The molecule has 4 nitrogen and oxygen atoms in total. The zero-order valence-electron chi connectivity index (χ0n) is 29.4. The molecular weight excluding hydrogens is 657 g/mol. The maximum Gasteiger partial charge on any atom is 0.164 e. The Morgan fingerprint density at radius 2 is 0.556 bits per heavy atom.